The van der Waals surface area contributed by atoms with Crippen molar-refractivity contribution in [1.29, 1.82) is 0 Å². The van der Waals surface area contributed by atoms with Gasteiger partial charge in [-0.1, -0.05) is 24.3 Å². The fraction of sp³-hybridized carbons (Fsp3) is 0.300. The Bertz CT molecular complexity index is 850. The standard InChI is InChI=1S/C20H23NO9S/c1-13(27-20(25)15-5-3-2-4-6-15)11-26-19(24)16(12-31-30-29-28-21)9-14-7-8-17(22)18(23)10-14/h2-8,10,13,16,22-23H,9,11-12,21H2,1H3/t13-,16-/m1/s1. The van der Waals surface area contributed by atoms with Gasteiger partial charge in [0.1, 0.15) is 12.7 Å². The van der Waals surface area contributed by atoms with Gasteiger partial charge in [0.2, 0.25) is 0 Å². The van der Waals surface area contributed by atoms with Crippen molar-refractivity contribution in [2.75, 3.05) is 12.4 Å². The molecule has 0 saturated carbocycles. The first-order valence-electron chi connectivity index (χ1n) is 9.16. The number of benzene rings is 2. The van der Waals surface area contributed by atoms with Gasteiger partial charge >= 0.3 is 11.9 Å². The Morgan fingerprint density at radius 2 is 1.84 bits per heavy atom. The van der Waals surface area contributed by atoms with Gasteiger partial charge in [-0.25, -0.2) is 4.79 Å². The number of carbonyl (C=O) groups excluding carboxylic acids is 2. The molecule has 0 heterocycles. The summed E-state index contributed by atoms with van der Waals surface area (Å²) in [6, 6.07) is 12.7. The SMILES string of the molecule is C[C@H](COC(=O)[C@@H](CSOOON)Cc1ccc(O)c(O)c1)OC(=O)c1ccccc1. The lowest BCUT2D eigenvalue weighted by atomic mass is 10.0. The predicted molar refractivity (Wildman–Crippen MR) is 109 cm³/mol. The minimum atomic E-state index is -0.715. The van der Waals surface area contributed by atoms with Crippen molar-refractivity contribution in [2.45, 2.75) is 19.4 Å². The van der Waals surface area contributed by atoms with Crippen LogP contribution in [0, 0.1) is 5.92 Å². The zero-order chi connectivity index (χ0) is 22.6. The minimum Gasteiger partial charge on any atom is -0.504 e. The molecule has 0 fully saturated rings. The van der Waals surface area contributed by atoms with Crippen molar-refractivity contribution in [2.24, 2.45) is 11.8 Å². The van der Waals surface area contributed by atoms with Gasteiger partial charge in [0.05, 0.1) is 11.5 Å². The molecular formula is C20H23NO9S. The first-order valence-corrected chi connectivity index (χ1v) is 10.1. The molecule has 11 heteroatoms. The highest BCUT2D eigenvalue weighted by atomic mass is 32.2. The van der Waals surface area contributed by atoms with Crippen molar-refractivity contribution in [3.63, 3.8) is 0 Å². The third kappa shape index (κ3) is 8.44. The molecule has 0 bridgehead atoms. The first-order chi connectivity index (χ1) is 14.9. The van der Waals surface area contributed by atoms with E-state index in [4.69, 9.17) is 9.47 Å². The van der Waals surface area contributed by atoms with Gasteiger partial charge in [-0.2, -0.15) is 5.90 Å². The summed E-state index contributed by atoms with van der Waals surface area (Å²) < 4.78 is 15.1. The topological polar surface area (TPSA) is 147 Å². The average molecular weight is 453 g/mol. The zero-order valence-corrected chi connectivity index (χ0v) is 17.4. The highest BCUT2D eigenvalue weighted by Crippen LogP contribution is 2.27. The van der Waals surface area contributed by atoms with Gasteiger partial charge in [-0.15, -0.1) is 9.32 Å². The number of ether oxygens (including phenoxy) is 2. The van der Waals surface area contributed by atoms with E-state index in [1.54, 1.807) is 43.3 Å². The van der Waals surface area contributed by atoms with E-state index in [0.29, 0.717) is 11.1 Å². The Kier molecular flexibility index (Phi) is 10.1. The molecule has 0 aliphatic heterocycles. The summed E-state index contributed by atoms with van der Waals surface area (Å²) in [5.74, 6) is 2.37. The number of rotatable bonds is 12. The molecule has 2 aromatic rings. The van der Waals surface area contributed by atoms with Crippen LogP contribution in [0.15, 0.2) is 48.5 Å². The average Bonchev–Trinajstić information content (AvgIpc) is 2.77. The summed E-state index contributed by atoms with van der Waals surface area (Å²) >= 11 is 0.758. The lowest BCUT2D eigenvalue weighted by molar-refractivity contribution is -0.464. The van der Waals surface area contributed by atoms with Gasteiger partial charge < -0.3 is 19.7 Å². The maximum atomic E-state index is 12.6. The van der Waals surface area contributed by atoms with E-state index in [9.17, 15) is 19.8 Å². The maximum Gasteiger partial charge on any atom is 0.338 e. The van der Waals surface area contributed by atoms with Gasteiger partial charge in [0.25, 0.3) is 0 Å². The number of hydrogen-bond acceptors (Lipinski definition) is 11. The van der Waals surface area contributed by atoms with E-state index in [2.05, 4.69) is 20.3 Å². The van der Waals surface area contributed by atoms with Crippen LogP contribution in [0.1, 0.15) is 22.8 Å². The van der Waals surface area contributed by atoms with Crippen molar-refractivity contribution >= 4 is 24.0 Å². The molecule has 10 nitrogen and oxygen atoms in total. The second-order valence-electron chi connectivity index (χ2n) is 6.45. The molecule has 0 unspecified atom stereocenters. The zero-order valence-electron chi connectivity index (χ0n) is 16.6. The van der Waals surface area contributed by atoms with Gasteiger partial charge in [0.15, 0.2) is 11.5 Å². The summed E-state index contributed by atoms with van der Waals surface area (Å²) in [4.78, 5) is 28.5. The van der Waals surface area contributed by atoms with Crippen LogP contribution in [0.2, 0.25) is 0 Å². The highest BCUT2D eigenvalue weighted by Gasteiger charge is 2.24. The van der Waals surface area contributed by atoms with Crippen molar-refractivity contribution in [3.8, 4) is 11.5 Å². The van der Waals surface area contributed by atoms with E-state index >= 15 is 0 Å². The Morgan fingerprint density at radius 3 is 2.52 bits per heavy atom. The maximum absolute atomic E-state index is 12.6. The minimum absolute atomic E-state index is 0.0992. The molecule has 0 spiro atoms. The highest BCUT2D eigenvalue weighted by molar-refractivity contribution is 7.94. The van der Waals surface area contributed by atoms with Crippen LogP contribution < -0.4 is 5.90 Å². The molecule has 31 heavy (non-hydrogen) atoms. The molecule has 2 rings (SSSR count). The summed E-state index contributed by atoms with van der Waals surface area (Å²) in [6.07, 6.45) is -0.502. The number of nitrogens with two attached hydrogens (primary N) is 1. The second-order valence-corrected chi connectivity index (χ2v) is 7.16. The third-order valence-corrected chi connectivity index (χ3v) is 4.71. The van der Waals surface area contributed by atoms with Crippen LogP contribution in [-0.4, -0.2) is 40.6 Å². The monoisotopic (exact) mass is 453 g/mol. The lowest BCUT2D eigenvalue weighted by Gasteiger charge is -2.18. The van der Waals surface area contributed by atoms with Gasteiger partial charge in [-0.05, 0) is 48.2 Å². The quantitative estimate of drug-likeness (QED) is 0.109. The number of aromatic hydroxyl groups is 2. The lowest BCUT2D eigenvalue weighted by Crippen LogP contribution is -2.28. The molecule has 4 N–H and O–H groups in total. The largest absolute Gasteiger partial charge is 0.504 e. The predicted octanol–water partition coefficient (Wildman–Crippen LogP) is 2.45. The molecule has 0 aliphatic carbocycles. The molecule has 168 valence electrons. The smallest absolute Gasteiger partial charge is 0.338 e. The van der Waals surface area contributed by atoms with E-state index in [-0.39, 0.29) is 30.3 Å². The Morgan fingerprint density at radius 1 is 1.10 bits per heavy atom. The number of esters is 2. The normalized spacial score (nSPS) is 12.7. The Hall–Kier alpha value is -2.83. The summed E-state index contributed by atoms with van der Waals surface area (Å²) in [5, 5.41) is 23.2. The van der Waals surface area contributed by atoms with E-state index < -0.39 is 24.0 Å². The molecule has 2 aromatic carbocycles. The van der Waals surface area contributed by atoms with Gasteiger partial charge in [0, 0.05) is 17.8 Å². The molecule has 0 aromatic heterocycles. The Balaban J connectivity index is 1.92. The molecule has 0 radical (unpaired) electrons. The molecule has 0 amide bonds. The van der Waals surface area contributed by atoms with Crippen LogP contribution in [0.4, 0.5) is 0 Å². The van der Waals surface area contributed by atoms with Crippen molar-refractivity contribution in [3.05, 3.63) is 59.7 Å². The molecule has 2 atom stereocenters. The molecular weight excluding hydrogens is 430 g/mol. The van der Waals surface area contributed by atoms with Crippen LogP contribution in [0.3, 0.4) is 0 Å². The summed E-state index contributed by atoms with van der Waals surface area (Å²) in [7, 11) is 0. The van der Waals surface area contributed by atoms with Crippen LogP contribution >= 0.6 is 12.0 Å². The van der Waals surface area contributed by atoms with E-state index in [1.807, 2.05) is 0 Å². The molecule has 0 saturated heterocycles. The van der Waals surface area contributed by atoms with Crippen LogP contribution in [0.5, 0.6) is 11.5 Å². The fourth-order valence-electron chi connectivity index (χ4n) is 2.51. The second kappa shape index (κ2) is 12.8. The van der Waals surface area contributed by atoms with Crippen LogP contribution in [0.25, 0.3) is 0 Å². The Labute approximate surface area is 182 Å². The third-order valence-electron chi connectivity index (χ3n) is 4.02. The van der Waals surface area contributed by atoms with E-state index in [1.165, 1.54) is 12.1 Å². The summed E-state index contributed by atoms with van der Waals surface area (Å²) in [5.41, 5.74) is 0.971. The van der Waals surface area contributed by atoms with E-state index in [0.717, 1.165) is 12.0 Å². The first kappa shape index (κ1) is 24.4. The number of phenolic OH excluding ortho intramolecular Hbond substituents is 2. The van der Waals surface area contributed by atoms with Gasteiger partial charge in [-0.3, -0.25) is 4.79 Å². The van der Waals surface area contributed by atoms with Crippen molar-refractivity contribution < 1.29 is 43.6 Å². The number of carbonyl (C=O) groups is 2. The fourth-order valence-corrected chi connectivity index (χ4v) is 3.06. The van der Waals surface area contributed by atoms with Crippen LogP contribution in [-0.2, 0) is 35.0 Å². The number of phenols is 2. The van der Waals surface area contributed by atoms with Crippen molar-refractivity contribution in [1.82, 2.24) is 0 Å². The summed E-state index contributed by atoms with van der Waals surface area (Å²) in [6.45, 7) is 1.45. The number of hydrogen-bond donors (Lipinski definition) is 3. The molecule has 0 aliphatic rings.